The smallest absolute Gasteiger partial charge is 0.0546 e. The molecular weight excluding hydrogens is 689 g/mol. The van der Waals surface area contributed by atoms with E-state index in [4.69, 9.17) is 0 Å². The van der Waals surface area contributed by atoms with Gasteiger partial charge in [-0.1, -0.05) is 140 Å². The minimum Gasteiger partial charge on any atom is -0.310 e. The number of anilines is 6. The van der Waals surface area contributed by atoms with Gasteiger partial charge in [0, 0.05) is 39.2 Å². The first-order valence-electron chi connectivity index (χ1n) is 20.1. The van der Waals surface area contributed by atoms with Gasteiger partial charge in [0.1, 0.15) is 0 Å². The zero-order chi connectivity index (χ0) is 39.0. The summed E-state index contributed by atoms with van der Waals surface area (Å²) in [6.07, 6.45) is 0. The lowest BCUT2D eigenvalue weighted by atomic mass is 9.77. The summed E-state index contributed by atoms with van der Waals surface area (Å²) in [6, 6.07) is 63.1. The third-order valence-corrected chi connectivity index (χ3v) is 12.3. The molecule has 0 saturated heterocycles. The molecule has 0 amide bonds. The van der Waals surface area contributed by atoms with Crippen molar-refractivity contribution in [3.8, 4) is 11.1 Å². The molecule has 0 saturated carbocycles. The van der Waals surface area contributed by atoms with Gasteiger partial charge in [-0.05, 0) is 143 Å². The van der Waals surface area contributed by atoms with Crippen LogP contribution in [-0.2, 0) is 5.41 Å². The van der Waals surface area contributed by atoms with Crippen molar-refractivity contribution in [2.24, 2.45) is 0 Å². The summed E-state index contributed by atoms with van der Waals surface area (Å²) in [5.74, 6) is 0. The highest BCUT2D eigenvalue weighted by molar-refractivity contribution is 6.21. The van der Waals surface area contributed by atoms with E-state index in [2.05, 4.69) is 221 Å². The average Bonchev–Trinajstić information content (AvgIpc) is 3.47. The number of para-hydroxylation sites is 2. The fourth-order valence-corrected chi connectivity index (χ4v) is 9.88. The van der Waals surface area contributed by atoms with Gasteiger partial charge >= 0.3 is 0 Å². The number of aryl methyl sites for hydroxylation is 4. The summed E-state index contributed by atoms with van der Waals surface area (Å²) in [6.45, 7) is 13.7. The largest absolute Gasteiger partial charge is 0.310 e. The molecule has 1 aliphatic rings. The maximum Gasteiger partial charge on any atom is 0.0546 e. The van der Waals surface area contributed by atoms with Crippen LogP contribution in [0.25, 0.3) is 43.4 Å². The Balaban J connectivity index is 1.27. The normalized spacial score (nSPS) is 12.9. The van der Waals surface area contributed by atoms with E-state index < -0.39 is 0 Å². The van der Waals surface area contributed by atoms with Gasteiger partial charge in [0.25, 0.3) is 0 Å². The third kappa shape index (κ3) is 5.46. The van der Waals surface area contributed by atoms with E-state index >= 15 is 0 Å². The summed E-state index contributed by atoms with van der Waals surface area (Å²) >= 11 is 0. The highest BCUT2D eigenvalue weighted by Gasteiger charge is 2.41. The molecule has 0 bridgehead atoms. The number of fused-ring (bicyclic) bond motifs is 10. The molecule has 0 aromatic heterocycles. The minimum atomic E-state index is -0.267. The summed E-state index contributed by atoms with van der Waals surface area (Å²) in [5.41, 5.74) is 17.2. The van der Waals surface area contributed by atoms with Crippen LogP contribution < -0.4 is 9.80 Å². The van der Waals surface area contributed by atoms with E-state index in [1.807, 2.05) is 0 Å². The van der Waals surface area contributed by atoms with Crippen LogP contribution in [0.15, 0.2) is 170 Å². The summed E-state index contributed by atoms with van der Waals surface area (Å²) in [4.78, 5) is 4.89. The Morgan fingerprint density at radius 3 is 1.47 bits per heavy atom. The van der Waals surface area contributed by atoms with Crippen LogP contribution in [0.2, 0.25) is 0 Å². The molecule has 0 unspecified atom stereocenters. The third-order valence-electron chi connectivity index (χ3n) is 12.3. The molecule has 0 N–H and O–H groups in total. The maximum absolute atomic E-state index is 2.50. The van der Waals surface area contributed by atoms with Gasteiger partial charge in [-0.15, -0.1) is 0 Å². The zero-order valence-corrected chi connectivity index (χ0v) is 33.6. The standard InChI is InChI=1S/C55H46N2/c1-35-25-29-49(37(3)31-35)56(39-17-9-7-10-18-39)41-27-28-46-47(33-41)42-21-13-15-23-44(42)52-48-34-51(43-22-14-16-24-45(43)53(48)55(5,6)54(46)52)57(40-19-11-8-12-20-40)50-30-26-36(2)32-38(50)4/h7-34H,1-6H3. The lowest BCUT2D eigenvalue weighted by Gasteiger charge is -2.31. The molecular formula is C55H46N2. The lowest BCUT2D eigenvalue weighted by molar-refractivity contribution is 0.672. The molecule has 0 spiro atoms. The molecule has 0 radical (unpaired) electrons. The van der Waals surface area contributed by atoms with E-state index in [1.165, 1.54) is 93.9 Å². The molecule has 1 aliphatic carbocycles. The number of nitrogens with zero attached hydrogens (tertiary/aromatic N) is 2. The Morgan fingerprint density at radius 1 is 0.351 bits per heavy atom. The number of hydrogen-bond acceptors (Lipinski definition) is 2. The molecule has 0 fully saturated rings. The first kappa shape index (κ1) is 34.8. The molecule has 10 rings (SSSR count). The van der Waals surface area contributed by atoms with Gasteiger partial charge in [-0.25, -0.2) is 0 Å². The van der Waals surface area contributed by atoms with E-state index in [1.54, 1.807) is 0 Å². The van der Waals surface area contributed by atoms with Crippen molar-refractivity contribution in [2.75, 3.05) is 9.80 Å². The average molecular weight is 735 g/mol. The quantitative estimate of drug-likeness (QED) is 0.157. The van der Waals surface area contributed by atoms with Crippen LogP contribution in [0.3, 0.4) is 0 Å². The monoisotopic (exact) mass is 734 g/mol. The van der Waals surface area contributed by atoms with Gasteiger partial charge in [0.05, 0.1) is 5.69 Å². The van der Waals surface area contributed by atoms with Crippen molar-refractivity contribution in [3.63, 3.8) is 0 Å². The maximum atomic E-state index is 2.50. The van der Waals surface area contributed by atoms with E-state index in [0.717, 1.165) is 17.1 Å². The summed E-state index contributed by atoms with van der Waals surface area (Å²) in [5, 5.41) is 7.70. The predicted molar refractivity (Wildman–Crippen MR) is 245 cm³/mol. The van der Waals surface area contributed by atoms with Crippen LogP contribution in [0.5, 0.6) is 0 Å². The summed E-state index contributed by atoms with van der Waals surface area (Å²) in [7, 11) is 0. The van der Waals surface area contributed by atoms with Crippen LogP contribution >= 0.6 is 0 Å². The fourth-order valence-electron chi connectivity index (χ4n) is 9.88. The number of hydrogen-bond donors (Lipinski definition) is 0. The highest BCUT2D eigenvalue weighted by atomic mass is 15.2. The minimum absolute atomic E-state index is 0.267. The SMILES string of the molecule is Cc1ccc(N(c2ccccc2)c2ccc3c4c(c5ccccc5c3c2)-c2cc(N(c3ccccc3)c3ccc(C)cc3C)c3ccccc3c2C4(C)C)c(C)c1. The second-order valence-corrected chi connectivity index (χ2v) is 16.4. The van der Waals surface area contributed by atoms with E-state index in [-0.39, 0.29) is 5.41 Å². The van der Waals surface area contributed by atoms with Crippen LogP contribution in [0.1, 0.15) is 47.2 Å². The Labute approximate surface area is 336 Å². The molecule has 9 aromatic rings. The van der Waals surface area contributed by atoms with Gasteiger partial charge in [0.2, 0.25) is 0 Å². The van der Waals surface area contributed by atoms with Crippen molar-refractivity contribution < 1.29 is 0 Å². The molecule has 0 atom stereocenters. The first-order chi connectivity index (χ1) is 27.7. The first-order valence-corrected chi connectivity index (χ1v) is 20.1. The molecule has 9 aromatic carbocycles. The van der Waals surface area contributed by atoms with Crippen molar-refractivity contribution in [1.82, 2.24) is 0 Å². The topological polar surface area (TPSA) is 6.48 Å². The predicted octanol–water partition coefficient (Wildman–Crippen LogP) is 15.6. The fraction of sp³-hybridized carbons (Fsp3) is 0.127. The van der Waals surface area contributed by atoms with Gasteiger partial charge in [-0.2, -0.15) is 0 Å². The van der Waals surface area contributed by atoms with Crippen molar-refractivity contribution in [3.05, 3.63) is 203 Å². The Hall–Kier alpha value is -6.64. The van der Waals surface area contributed by atoms with Crippen LogP contribution in [-0.4, -0.2) is 0 Å². The Morgan fingerprint density at radius 2 is 0.860 bits per heavy atom. The Bertz CT molecular complexity index is 3030. The van der Waals surface area contributed by atoms with Crippen LogP contribution in [0, 0.1) is 27.7 Å². The van der Waals surface area contributed by atoms with Gasteiger partial charge in [0.15, 0.2) is 0 Å². The van der Waals surface area contributed by atoms with E-state index in [0.29, 0.717) is 0 Å². The molecule has 57 heavy (non-hydrogen) atoms. The van der Waals surface area contributed by atoms with Gasteiger partial charge in [-0.3, -0.25) is 0 Å². The van der Waals surface area contributed by atoms with Crippen LogP contribution in [0.4, 0.5) is 34.1 Å². The second kappa shape index (κ2) is 13.2. The second-order valence-electron chi connectivity index (χ2n) is 16.4. The highest BCUT2D eigenvalue weighted by Crippen LogP contribution is 2.59. The van der Waals surface area contributed by atoms with Gasteiger partial charge < -0.3 is 9.80 Å². The molecule has 0 heterocycles. The molecule has 2 nitrogen and oxygen atoms in total. The van der Waals surface area contributed by atoms with Crippen molar-refractivity contribution in [2.45, 2.75) is 47.0 Å². The number of benzene rings is 9. The molecule has 276 valence electrons. The molecule has 2 heteroatoms. The van der Waals surface area contributed by atoms with Crippen molar-refractivity contribution >= 4 is 66.4 Å². The molecule has 0 aliphatic heterocycles. The number of rotatable bonds is 6. The summed E-state index contributed by atoms with van der Waals surface area (Å²) < 4.78 is 0. The lowest BCUT2D eigenvalue weighted by Crippen LogP contribution is -2.17. The Kier molecular flexibility index (Phi) is 8.09. The van der Waals surface area contributed by atoms with E-state index in [9.17, 15) is 0 Å². The zero-order valence-electron chi connectivity index (χ0n) is 33.6. The van der Waals surface area contributed by atoms with Crippen molar-refractivity contribution in [1.29, 1.82) is 0 Å².